The molecule has 0 saturated heterocycles. The second-order valence-corrected chi connectivity index (χ2v) is 6.22. The summed E-state index contributed by atoms with van der Waals surface area (Å²) >= 11 is 5.93. The van der Waals surface area contributed by atoms with Gasteiger partial charge in [-0.3, -0.25) is 9.59 Å². The molecule has 0 bridgehead atoms. The first kappa shape index (κ1) is 18.5. The maximum Gasteiger partial charge on any atom is 0.324 e. The summed E-state index contributed by atoms with van der Waals surface area (Å²) in [6.45, 7) is 3.67. The van der Waals surface area contributed by atoms with E-state index < -0.39 is 29.2 Å². The fraction of sp³-hybridized carbons (Fsp3) is 0.500. The summed E-state index contributed by atoms with van der Waals surface area (Å²) in [5, 5.41) is 0.539. The number of hydrogen-bond donors (Lipinski definition) is 0. The summed E-state index contributed by atoms with van der Waals surface area (Å²) in [6.07, 6.45) is 1.45. The van der Waals surface area contributed by atoms with Gasteiger partial charge in [0.15, 0.2) is 5.41 Å². The van der Waals surface area contributed by atoms with Crippen LogP contribution in [0.2, 0.25) is 5.02 Å². The number of esters is 2. The van der Waals surface area contributed by atoms with Gasteiger partial charge in [-0.25, -0.2) is 0 Å². The summed E-state index contributed by atoms with van der Waals surface area (Å²) in [6, 6.07) is 6.83. The lowest BCUT2D eigenvalue weighted by Gasteiger charge is -2.32. The van der Waals surface area contributed by atoms with E-state index in [-0.39, 0.29) is 19.6 Å². The highest BCUT2D eigenvalue weighted by molar-refractivity contribution is 6.30. The molecule has 2 rings (SSSR count). The van der Waals surface area contributed by atoms with Crippen LogP contribution in [-0.4, -0.2) is 31.4 Å². The van der Waals surface area contributed by atoms with Crippen LogP contribution in [0, 0.1) is 11.3 Å². The largest absolute Gasteiger partial charge is 0.465 e. The van der Waals surface area contributed by atoms with Crippen LogP contribution in [0.1, 0.15) is 38.2 Å². The van der Waals surface area contributed by atoms with Crippen LogP contribution < -0.4 is 0 Å². The summed E-state index contributed by atoms with van der Waals surface area (Å²) < 4.78 is 10.4. The number of carbonyl (C=O) groups excluding carboxylic acids is 3. The Morgan fingerprint density at radius 2 is 1.71 bits per heavy atom. The zero-order chi connectivity index (χ0) is 17.7. The van der Waals surface area contributed by atoms with Crippen LogP contribution in [-0.2, 0) is 23.9 Å². The molecule has 130 valence electrons. The van der Waals surface area contributed by atoms with Gasteiger partial charge in [0, 0.05) is 16.9 Å². The van der Waals surface area contributed by atoms with Crippen molar-refractivity contribution in [2.45, 2.75) is 32.6 Å². The number of hydrogen-bond acceptors (Lipinski definition) is 5. The van der Waals surface area contributed by atoms with Crippen molar-refractivity contribution in [3.05, 3.63) is 34.9 Å². The average Bonchev–Trinajstić information content (AvgIpc) is 2.96. The molecular formula is C18H21ClO5. The van der Waals surface area contributed by atoms with Crippen LogP contribution in [0.5, 0.6) is 0 Å². The lowest BCUT2D eigenvalue weighted by atomic mass is 9.71. The predicted octanol–water partition coefficient (Wildman–Crippen LogP) is 3.15. The summed E-state index contributed by atoms with van der Waals surface area (Å²) in [5.74, 6) is -2.34. The minimum atomic E-state index is -1.49. The zero-order valence-electron chi connectivity index (χ0n) is 13.8. The van der Waals surface area contributed by atoms with Gasteiger partial charge in [0.25, 0.3) is 0 Å². The molecule has 1 saturated carbocycles. The first-order valence-electron chi connectivity index (χ1n) is 8.06. The molecule has 6 heteroatoms. The van der Waals surface area contributed by atoms with E-state index in [2.05, 4.69) is 0 Å². The molecule has 1 aromatic carbocycles. The molecule has 1 fully saturated rings. The highest BCUT2D eigenvalue weighted by Crippen LogP contribution is 2.54. The molecule has 1 aromatic rings. The van der Waals surface area contributed by atoms with Crippen molar-refractivity contribution in [1.82, 2.24) is 0 Å². The summed E-state index contributed by atoms with van der Waals surface area (Å²) in [4.78, 5) is 37.0. The first-order chi connectivity index (χ1) is 11.5. The van der Waals surface area contributed by atoms with E-state index >= 15 is 0 Å². The van der Waals surface area contributed by atoms with Gasteiger partial charge in [-0.15, -0.1) is 0 Å². The average molecular weight is 353 g/mol. The lowest BCUT2D eigenvalue weighted by Crippen LogP contribution is -2.45. The van der Waals surface area contributed by atoms with Crippen molar-refractivity contribution in [1.29, 1.82) is 0 Å². The third-order valence-electron chi connectivity index (χ3n) is 4.51. The number of ether oxygens (including phenoxy) is 2. The van der Waals surface area contributed by atoms with Gasteiger partial charge >= 0.3 is 11.9 Å². The van der Waals surface area contributed by atoms with E-state index in [9.17, 15) is 14.4 Å². The van der Waals surface area contributed by atoms with Gasteiger partial charge in [-0.1, -0.05) is 23.7 Å². The minimum absolute atomic E-state index is 0.152. The van der Waals surface area contributed by atoms with Gasteiger partial charge in [0.1, 0.15) is 6.29 Å². The third-order valence-corrected chi connectivity index (χ3v) is 4.77. The van der Waals surface area contributed by atoms with Gasteiger partial charge in [0.2, 0.25) is 0 Å². The Kier molecular flexibility index (Phi) is 5.99. The molecule has 5 nitrogen and oxygen atoms in total. The maximum absolute atomic E-state index is 12.7. The minimum Gasteiger partial charge on any atom is -0.465 e. The summed E-state index contributed by atoms with van der Waals surface area (Å²) in [5.41, 5.74) is -0.791. The topological polar surface area (TPSA) is 69.7 Å². The Morgan fingerprint density at radius 3 is 2.17 bits per heavy atom. The van der Waals surface area contributed by atoms with Crippen molar-refractivity contribution in [3.63, 3.8) is 0 Å². The quantitative estimate of drug-likeness (QED) is 0.447. The van der Waals surface area contributed by atoms with Gasteiger partial charge in [-0.2, -0.15) is 0 Å². The Hall–Kier alpha value is -1.88. The molecule has 0 amide bonds. The Bertz CT molecular complexity index is 592. The number of aldehydes is 1. The highest BCUT2D eigenvalue weighted by atomic mass is 35.5. The van der Waals surface area contributed by atoms with Gasteiger partial charge in [0.05, 0.1) is 13.2 Å². The molecule has 0 aliphatic heterocycles. The van der Waals surface area contributed by atoms with Crippen molar-refractivity contribution < 1.29 is 23.9 Å². The number of rotatable bonds is 6. The molecule has 0 aromatic heterocycles. The molecule has 2 atom stereocenters. The second-order valence-electron chi connectivity index (χ2n) is 5.78. The SMILES string of the molecule is CCOC(=O)C1(C(=O)OCC)CC[C@H](C=O)[C@H]1c1ccc(Cl)cc1. The van der Waals surface area contributed by atoms with E-state index in [1.807, 2.05) is 0 Å². The molecule has 1 aliphatic rings. The molecule has 1 aliphatic carbocycles. The Balaban J connectivity index is 2.56. The van der Waals surface area contributed by atoms with Crippen molar-refractivity contribution >= 4 is 29.8 Å². The van der Waals surface area contributed by atoms with E-state index in [4.69, 9.17) is 21.1 Å². The normalized spacial score (nSPS) is 22.0. The smallest absolute Gasteiger partial charge is 0.324 e. The fourth-order valence-electron chi connectivity index (χ4n) is 3.49. The van der Waals surface area contributed by atoms with Gasteiger partial charge < -0.3 is 14.3 Å². The lowest BCUT2D eigenvalue weighted by molar-refractivity contribution is -0.173. The maximum atomic E-state index is 12.7. The fourth-order valence-corrected chi connectivity index (χ4v) is 3.62. The number of carbonyl (C=O) groups is 3. The monoisotopic (exact) mass is 352 g/mol. The van der Waals surface area contributed by atoms with Crippen LogP contribution in [0.3, 0.4) is 0 Å². The third kappa shape index (κ3) is 3.18. The van der Waals surface area contributed by atoms with Crippen LogP contribution >= 0.6 is 11.6 Å². The Morgan fingerprint density at radius 1 is 1.17 bits per heavy atom. The molecule has 0 heterocycles. The molecule has 24 heavy (non-hydrogen) atoms. The molecule has 0 unspecified atom stereocenters. The van der Waals surface area contributed by atoms with E-state index in [1.165, 1.54) is 0 Å². The second kappa shape index (κ2) is 7.79. The standard InChI is InChI=1S/C18H21ClO5/c1-3-23-16(21)18(17(22)24-4-2)10-9-13(11-20)15(18)12-5-7-14(19)8-6-12/h5-8,11,13,15H,3-4,9-10H2,1-2H3/t13-,15-/m1/s1. The molecule has 0 radical (unpaired) electrons. The number of benzene rings is 1. The van der Waals surface area contributed by atoms with Gasteiger partial charge in [-0.05, 0) is 44.4 Å². The Labute approximate surface area is 146 Å². The first-order valence-corrected chi connectivity index (χ1v) is 8.44. The highest BCUT2D eigenvalue weighted by Gasteiger charge is 2.61. The number of halogens is 1. The zero-order valence-corrected chi connectivity index (χ0v) is 14.5. The van der Waals surface area contributed by atoms with E-state index in [0.29, 0.717) is 17.0 Å². The van der Waals surface area contributed by atoms with E-state index in [1.54, 1.807) is 38.1 Å². The summed E-state index contributed by atoms with van der Waals surface area (Å²) in [7, 11) is 0. The van der Waals surface area contributed by atoms with Crippen molar-refractivity contribution in [2.24, 2.45) is 11.3 Å². The molecule has 0 spiro atoms. The van der Waals surface area contributed by atoms with Crippen LogP contribution in [0.25, 0.3) is 0 Å². The van der Waals surface area contributed by atoms with Crippen LogP contribution in [0.15, 0.2) is 24.3 Å². The predicted molar refractivity (Wildman–Crippen MR) is 88.7 cm³/mol. The van der Waals surface area contributed by atoms with E-state index in [0.717, 1.165) is 6.29 Å². The molecule has 0 N–H and O–H groups in total. The van der Waals surface area contributed by atoms with Crippen LogP contribution in [0.4, 0.5) is 0 Å². The van der Waals surface area contributed by atoms with Crippen molar-refractivity contribution in [3.8, 4) is 0 Å². The van der Waals surface area contributed by atoms with Crippen molar-refractivity contribution in [2.75, 3.05) is 13.2 Å². The molecular weight excluding hydrogens is 332 g/mol.